The van der Waals surface area contributed by atoms with Crippen molar-refractivity contribution in [2.24, 2.45) is 12.0 Å². The van der Waals surface area contributed by atoms with Gasteiger partial charge < -0.3 is 5.11 Å². The predicted octanol–water partition coefficient (Wildman–Crippen LogP) is 1.79. The largest absolute Gasteiger partial charge is 0.507 e. The summed E-state index contributed by atoms with van der Waals surface area (Å²) in [5.41, 5.74) is 0.639. The molecule has 0 radical (unpaired) electrons. The Morgan fingerprint density at radius 1 is 1.50 bits per heavy atom. The maximum Gasteiger partial charge on any atom is 0.243 e. The van der Waals surface area contributed by atoms with Crippen molar-refractivity contribution < 1.29 is 9.67 Å². The van der Waals surface area contributed by atoms with Crippen molar-refractivity contribution in [2.75, 3.05) is 6.54 Å². The first-order valence-electron chi connectivity index (χ1n) is 5.64. The Morgan fingerprint density at radius 3 is 3.06 bits per heavy atom. The molecule has 0 unspecified atom stereocenters. The number of aromatic nitrogens is 2. The Morgan fingerprint density at radius 2 is 2.33 bits per heavy atom. The van der Waals surface area contributed by atoms with Crippen molar-refractivity contribution in [3.63, 3.8) is 0 Å². The van der Waals surface area contributed by atoms with Crippen LogP contribution in [0.25, 0.3) is 0 Å². The third-order valence-corrected chi connectivity index (χ3v) is 2.77. The molecule has 94 valence electrons. The molecule has 0 saturated heterocycles. The summed E-state index contributed by atoms with van der Waals surface area (Å²) < 4.78 is 4.03. The number of benzene rings is 1. The maximum absolute atomic E-state index is 9.60. The SMILES string of the molecule is C[n+]1ccn(CCN=Cc2cc(Cl)ccc2O)c1. The lowest BCUT2D eigenvalue weighted by molar-refractivity contribution is -0.671. The van der Waals surface area contributed by atoms with Crippen molar-refractivity contribution in [3.8, 4) is 5.75 Å². The van der Waals surface area contributed by atoms with E-state index >= 15 is 0 Å². The second-order valence-corrected chi connectivity index (χ2v) is 4.49. The van der Waals surface area contributed by atoms with Gasteiger partial charge in [0.15, 0.2) is 0 Å². The van der Waals surface area contributed by atoms with Crippen molar-refractivity contribution >= 4 is 17.8 Å². The zero-order chi connectivity index (χ0) is 13.0. The number of phenols is 1. The van der Waals surface area contributed by atoms with Crippen molar-refractivity contribution in [1.82, 2.24) is 4.57 Å². The Bertz CT molecular complexity index is 563. The van der Waals surface area contributed by atoms with Crippen molar-refractivity contribution in [1.29, 1.82) is 0 Å². The zero-order valence-corrected chi connectivity index (χ0v) is 10.9. The van der Waals surface area contributed by atoms with Crippen LogP contribution in [0.4, 0.5) is 0 Å². The van der Waals surface area contributed by atoms with Gasteiger partial charge in [-0.05, 0) is 18.2 Å². The molecule has 0 atom stereocenters. The lowest BCUT2D eigenvalue weighted by Crippen LogP contribution is -2.23. The highest BCUT2D eigenvalue weighted by atomic mass is 35.5. The third kappa shape index (κ3) is 3.34. The molecule has 0 bridgehead atoms. The standard InChI is InChI=1S/C13H14ClN3O/c1-16-6-7-17(10-16)5-4-15-9-11-8-12(14)2-3-13(11)18/h2-3,6-10H,4-5H2,1H3/p+1. The molecule has 0 fully saturated rings. The van der Waals surface area contributed by atoms with Gasteiger partial charge in [-0.1, -0.05) is 11.6 Å². The lowest BCUT2D eigenvalue weighted by Gasteiger charge is -1.98. The number of halogens is 1. The van der Waals surface area contributed by atoms with Gasteiger partial charge >= 0.3 is 0 Å². The monoisotopic (exact) mass is 264 g/mol. The van der Waals surface area contributed by atoms with Gasteiger partial charge in [-0.2, -0.15) is 0 Å². The Labute approximate surface area is 111 Å². The molecule has 2 rings (SSSR count). The second kappa shape index (κ2) is 5.69. The minimum Gasteiger partial charge on any atom is -0.507 e. The van der Waals surface area contributed by atoms with Gasteiger partial charge in [-0.25, -0.2) is 9.13 Å². The van der Waals surface area contributed by atoms with Crippen LogP contribution in [-0.2, 0) is 13.6 Å². The predicted molar refractivity (Wildman–Crippen MR) is 71.2 cm³/mol. The molecule has 0 aliphatic heterocycles. The molecule has 0 aliphatic rings. The fraction of sp³-hybridized carbons (Fsp3) is 0.231. The number of imidazole rings is 1. The molecule has 4 nitrogen and oxygen atoms in total. The van der Waals surface area contributed by atoms with Crippen LogP contribution >= 0.6 is 11.6 Å². The number of aromatic hydroxyl groups is 1. The number of aliphatic imine (C=N–C) groups is 1. The maximum atomic E-state index is 9.60. The molecule has 0 amide bonds. The molecular formula is C13H15ClN3O+. The van der Waals surface area contributed by atoms with Crippen molar-refractivity contribution in [3.05, 3.63) is 47.5 Å². The zero-order valence-electron chi connectivity index (χ0n) is 10.1. The highest BCUT2D eigenvalue weighted by Crippen LogP contribution is 2.19. The summed E-state index contributed by atoms with van der Waals surface area (Å²) in [6.45, 7) is 1.46. The minimum atomic E-state index is 0.190. The van der Waals surface area contributed by atoms with Crippen LogP contribution in [0.2, 0.25) is 5.02 Å². The van der Waals surface area contributed by atoms with E-state index in [9.17, 15) is 5.11 Å². The Hall–Kier alpha value is -1.81. The molecular weight excluding hydrogens is 250 g/mol. The van der Waals surface area contributed by atoms with Crippen LogP contribution in [0.1, 0.15) is 5.56 Å². The number of phenolic OH excluding ortho intramolecular Hbond substituents is 1. The molecule has 18 heavy (non-hydrogen) atoms. The van der Waals surface area contributed by atoms with Crippen LogP contribution in [0, 0.1) is 0 Å². The van der Waals surface area contributed by atoms with Gasteiger partial charge in [0, 0.05) is 16.8 Å². The fourth-order valence-corrected chi connectivity index (χ4v) is 1.78. The van der Waals surface area contributed by atoms with Gasteiger partial charge in [-0.15, -0.1) is 0 Å². The molecule has 1 heterocycles. The third-order valence-electron chi connectivity index (χ3n) is 2.53. The number of hydrogen-bond acceptors (Lipinski definition) is 2. The number of nitrogens with zero attached hydrogens (tertiary/aromatic N) is 3. The van der Waals surface area contributed by atoms with Crippen LogP contribution in [0.5, 0.6) is 5.75 Å². The van der Waals surface area contributed by atoms with Crippen LogP contribution in [0.3, 0.4) is 0 Å². The minimum absolute atomic E-state index is 0.190. The van der Waals surface area contributed by atoms with E-state index in [0.717, 1.165) is 6.54 Å². The Kier molecular flexibility index (Phi) is 3.99. The van der Waals surface area contributed by atoms with Gasteiger partial charge in [0.2, 0.25) is 6.33 Å². The smallest absolute Gasteiger partial charge is 0.243 e. The normalized spacial score (nSPS) is 11.2. The Balaban J connectivity index is 1.93. The van der Waals surface area contributed by atoms with E-state index in [1.807, 2.05) is 30.3 Å². The van der Waals surface area contributed by atoms with Gasteiger partial charge in [0.05, 0.1) is 13.6 Å². The summed E-state index contributed by atoms with van der Waals surface area (Å²) in [6, 6.07) is 4.90. The molecule has 1 aromatic heterocycles. The summed E-state index contributed by atoms with van der Waals surface area (Å²) in [6.07, 6.45) is 7.61. The first-order chi connectivity index (χ1) is 8.65. The van der Waals surface area contributed by atoms with E-state index in [0.29, 0.717) is 17.1 Å². The number of aryl methyl sites for hydroxylation is 1. The molecule has 0 saturated carbocycles. The number of rotatable bonds is 4. The van der Waals surface area contributed by atoms with Crippen molar-refractivity contribution in [2.45, 2.75) is 6.54 Å². The first kappa shape index (κ1) is 12.6. The highest BCUT2D eigenvalue weighted by Gasteiger charge is 2.00. The van der Waals surface area contributed by atoms with Crippen LogP contribution in [0.15, 0.2) is 41.9 Å². The number of hydrogen-bond donors (Lipinski definition) is 1. The van der Waals surface area contributed by atoms with E-state index in [1.165, 1.54) is 0 Å². The summed E-state index contributed by atoms with van der Waals surface area (Å²) in [5, 5.41) is 10.2. The average molecular weight is 265 g/mol. The molecule has 0 spiro atoms. The second-order valence-electron chi connectivity index (χ2n) is 4.06. The topological polar surface area (TPSA) is 41.4 Å². The summed E-state index contributed by atoms with van der Waals surface area (Å²) >= 11 is 5.85. The average Bonchev–Trinajstić information content (AvgIpc) is 2.75. The van der Waals surface area contributed by atoms with Crippen LogP contribution in [-0.4, -0.2) is 22.4 Å². The summed E-state index contributed by atoms with van der Waals surface area (Å²) in [4.78, 5) is 4.27. The van der Waals surface area contributed by atoms with Gasteiger partial charge in [0.25, 0.3) is 0 Å². The molecule has 1 N–H and O–H groups in total. The van der Waals surface area contributed by atoms with E-state index in [1.54, 1.807) is 24.4 Å². The molecule has 2 aromatic rings. The van der Waals surface area contributed by atoms with E-state index in [-0.39, 0.29) is 5.75 Å². The van der Waals surface area contributed by atoms with E-state index < -0.39 is 0 Å². The van der Waals surface area contributed by atoms with Crippen LogP contribution < -0.4 is 4.57 Å². The quantitative estimate of drug-likeness (QED) is 0.664. The summed E-state index contributed by atoms with van der Waals surface area (Å²) in [7, 11) is 1.98. The first-order valence-corrected chi connectivity index (χ1v) is 6.02. The molecule has 0 aliphatic carbocycles. The van der Waals surface area contributed by atoms with Gasteiger partial charge in [0.1, 0.15) is 24.7 Å². The van der Waals surface area contributed by atoms with E-state index in [2.05, 4.69) is 9.56 Å². The van der Waals surface area contributed by atoms with E-state index in [4.69, 9.17) is 11.6 Å². The fourth-order valence-electron chi connectivity index (χ4n) is 1.60. The molecule has 1 aromatic carbocycles. The summed E-state index contributed by atoms with van der Waals surface area (Å²) in [5.74, 6) is 0.190. The molecule has 5 heteroatoms. The lowest BCUT2D eigenvalue weighted by atomic mass is 10.2. The highest BCUT2D eigenvalue weighted by molar-refractivity contribution is 6.30. The van der Waals surface area contributed by atoms with Gasteiger partial charge in [-0.3, -0.25) is 4.99 Å².